The first-order chi connectivity index (χ1) is 10.9. The van der Waals surface area contributed by atoms with Crippen molar-refractivity contribution in [3.05, 3.63) is 58.3 Å². The van der Waals surface area contributed by atoms with Gasteiger partial charge in [0.1, 0.15) is 0 Å². The molecule has 0 aliphatic heterocycles. The van der Waals surface area contributed by atoms with Gasteiger partial charge in [0.15, 0.2) is 0 Å². The molecular weight excluding hydrogens is 369 g/mol. The largest absolute Gasteiger partial charge is 0.416 e. The van der Waals surface area contributed by atoms with Crippen molar-refractivity contribution in [2.75, 3.05) is 11.9 Å². The number of hydrogen-bond acceptors (Lipinski definition) is 2. The predicted octanol–water partition coefficient (Wildman–Crippen LogP) is 5.69. The molecule has 0 bridgehead atoms. The van der Waals surface area contributed by atoms with Gasteiger partial charge in [-0.05, 0) is 49.6 Å². The molecule has 0 atom stereocenters. The second kappa shape index (κ2) is 8.34. The van der Waals surface area contributed by atoms with Crippen molar-refractivity contribution >= 4 is 21.6 Å². The molecule has 0 unspecified atom stereocenters. The van der Waals surface area contributed by atoms with Crippen LogP contribution in [0.3, 0.4) is 0 Å². The average Bonchev–Trinajstić information content (AvgIpc) is 2.50. The molecule has 1 aromatic heterocycles. The summed E-state index contributed by atoms with van der Waals surface area (Å²) in [5, 5.41) is 3.32. The van der Waals surface area contributed by atoms with Crippen molar-refractivity contribution < 1.29 is 13.2 Å². The Kier molecular flexibility index (Phi) is 6.45. The summed E-state index contributed by atoms with van der Waals surface area (Å²) in [5.74, 6) is 0. The molecule has 0 fully saturated rings. The number of nitrogens with zero attached hydrogens (tertiary/aromatic N) is 1. The highest BCUT2D eigenvalue weighted by Gasteiger charge is 2.30. The molecule has 124 valence electrons. The summed E-state index contributed by atoms with van der Waals surface area (Å²) in [4.78, 5) is 4.01. The third kappa shape index (κ3) is 6.22. The number of aryl methyl sites for hydroxylation is 1. The van der Waals surface area contributed by atoms with Crippen LogP contribution in [-0.2, 0) is 12.6 Å². The van der Waals surface area contributed by atoms with Gasteiger partial charge in [-0.3, -0.25) is 4.98 Å². The number of pyridine rings is 1. The molecule has 0 aliphatic carbocycles. The van der Waals surface area contributed by atoms with Crippen molar-refractivity contribution in [2.24, 2.45) is 0 Å². The quantitative estimate of drug-likeness (QED) is 0.618. The van der Waals surface area contributed by atoms with Crippen LogP contribution in [0.5, 0.6) is 0 Å². The van der Waals surface area contributed by atoms with Crippen LogP contribution >= 0.6 is 15.9 Å². The maximum absolute atomic E-state index is 12.6. The fraction of sp³-hybridized carbons (Fsp3) is 0.353. The van der Waals surface area contributed by atoms with Crippen LogP contribution in [0.25, 0.3) is 0 Å². The molecule has 0 radical (unpaired) electrons. The summed E-state index contributed by atoms with van der Waals surface area (Å²) in [7, 11) is 0. The van der Waals surface area contributed by atoms with E-state index in [0.29, 0.717) is 12.1 Å². The Bertz CT molecular complexity index is 629. The van der Waals surface area contributed by atoms with E-state index in [-0.39, 0.29) is 0 Å². The Labute approximate surface area is 142 Å². The van der Waals surface area contributed by atoms with E-state index in [4.69, 9.17) is 0 Å². The van der Waals surface area contributed by atoms with Crippen LogP contribution in [0.15, 0.2) is 47.1 Å². The van der Waals surface area contributed by atoms with Crippen molar-refractivity contribution in [1.82, 2.24) is 4.98 Å². The van der Waals surface area contributed by atoms with Gasteiger partial charge >= 0.3 is 6.18 Å². The third-order valence-corrected chi connectivity index (χ3v) is 3.90. The molecule has 1 heterocycles. The van der Waals surface area contributed by atoms with Crippen molar-refractivity contribution in [1.29, 1.82) is 0 Å². The Morgan fingerprint density at radius 1 is 1.04 bits per heavy atom. The van der Waals surface area contributed by atoms with Crippen LogP contribution < -0.4 is 5.32 Å². The van der Waals surface area contributed by atoms with E-state index in [9.17, 15) is 13.2 Å². The molecule has 23 heavy (non-hydrogen) atoms. The first kappa shape index (κ1) is 17.8. The Morgan fingerprint density at radius 2 is 1.87 bits per heavy atom. The Balaban J connectivity index is 1.68. The van der Waals surface area contributed by atoms with E-state index in [2.05, 4.69) is 26.2 Å². The number of aromatic nitrogens is 1. The summed E-state index contributed by atoms with van der Waals surface area (Å²) < 4.78 is 38.8. The lowest BCUT2D eigenvalue weighted by molar-refractivity contribution is -0.137. The SMILES string of the molecule is FC(F)(F)c1ccnc(CCCCCNc2cccc(Br)c2)c1. The van der Waals surface area contributed by atoms with E-state index in [1.54, 1.807) is 0 Å². The number of halogens is 4. The monoisotopic (exact) mass is 386 g/mol. The number of unbranched alkanes of at least 4 members (excludes halogenated alkanes) is 2. The molecule has 1 aromatic carbocycles. The lowest BCUT2D eigenvalue weighted by Crippen LogP contribution is -2.06. The topological polar surface area (TPSA) is 24.9 Å². The van der Waals surface area contributed by atoms with Crippen LogP contribution in [0, 0.1) is 0 Å². The van der Waals surface area contributed by atoms with Crippen molar-refractivity contribution in [3.63, 3.8) is 0 Å². The van der Waals surface area contributed by atoms with E-state index in [1.165, 1.54) is 6.20 Å². The van der Waals surface area contributed by atoms with Crippen LogP contribution in [0.2, 0.25) is 0 Å². The van der Waals surface area contributed by atoms with Gasteiger partial charge in [0.25, 0.3) is 0 Å². The molecule has 0 spiro atoms. The van der Waals surface area contributed by atoms with Gasteiger partial charge in [-0.1, -0.05) is 28.4 Å². The Morgan fingerprint density at radius 3 is 2.61 bits per heavy atom. The van der Waals surface area contributed by atoms with Crippen LogP contribution in [-0.4, -0.2) is 11.5 Å². The minimum absolute atomic E-state index is 0.500. The molecular formula is C17H18BrF3N2. The summed E-state index contributed by atoms with van der Waals surface area (Å²) >= 11 is 3.41. The predicted molar refractivity (Wildman–Crippen MR) is 89.4 cm³/mol. The number of anilines is 1. The fourth-order valence-corrected chi connectivity index (χ4v) is 2.63. The molecule has 2 rings (SSSR count). The highest BCUT2D eigenvalue weighted by molar-refractivity contribution is 9.10. The molecule has 6 heteroatoms. The maximum Gasteiger partial charge on any atom is 0.416 e. The zero-order valence-electron chi connectivity index (χ0n) is 12.5. The number of alkyl halides is 3. The van der Waals surface area contributed by atoms with Crippen molar-refractivity contribution in [3.8, 4) is 0 Å². The van der Waals surface area contributed by atoms with Gasteiger partial charge in [-0.15, -0.1) is 0 Å². The second-order valence-electron chi connectivity index (χ2n) is 5.28. The zero-order valence-corrected chi connectivity index (χ0v) is 14.1. The molecule has 0 saturated carbocycles. The van der Waals surface area contributed by atoms with E-state index in [0.717, 1.165) is 48.1 Å². The van der Waals surface area contributed by atoms with Gasteiger partial charge in [0.05, 0.1) is 5.56 Å². The van der Waals surface area contributed by atoms with E-state index in [1.807, 2.05) is 24.3 Å². The first-order valence-corrected chi connectivity index (χ1v) is 8.26. The molecule has 2 nitrogen and oxygen atoms in total. The molecule has 0 saturated heterocycles. The number of benzene rings is 1. The normalized spacial score (nSPS) is 11.5. The lowest BCUT2D eigenvalue weighted by atomic mass is 10.1. The second-order valence-corrected chi connectivity index (χ2v) is 6.20. The van der Waals surface area contributed by atoms with Gasteiger partial charge in [-0.2, -0.15) is 13.2 Å². The van der Waals surface area contributed by atoms with Crippen molar-refractivity contribution in [2.45, 2.75) is 31.9 Å². The highest BCUT2D eigenvalue weighted by atomic mass is 79.9. The third-order valence-electron chi connectivity index (χ3n) is 3.41. The van der Waals surface area contributed by atoms with Gasteiger partial charge in [-0.25, -0.2) is 0 Å². The van der Waals surface area contributed by atoms with Crippen LogP contribution in [0.4, 0.5) is 18.9 Å². The number of hydrogen-bond donors (Lipinski definition) is 1. The highest BCUT2D eigenvalue weighted by Crippen LogP contribution is 2.29. The standard InChI is InChI=1S/C17H18BrF3N2/c18-14-5-4-7-16(12-14)22-9-3-1-2-6-15-11-13(8-10-23-15)17(19,20)21/h4-5,7-8,10-12,22H,1-3,6,9H2. The molecule has 0 amide bonds. The number of rotatable bonds is 7. The summed E-state index contributed by atoms with van der Waals surface area (Å²) in [6.07, 6.45) is 0.234. The number of nitrogens with one attached hydrogen (secondary N) is 1. The minimum atomic E-state index is -4.30. The van der Waals surface area contributed by atoms with Gasteiger partial charge in [0.2, 0.25) is 0 Å². The smallest absolute Gasteiger partial charge is 0.385 e. The Hall–Kier alpha value is -1.56. The summed E-state index contributed by atoms with van der Waals surface area (Å²) in [5.41, 5.74) is 0.928. The molecule has 2 aromatic rings. The van der Waals surface area contributed by atoms with E-state index < -0.39 is 11.7 Å². The lowest BCUT2D eigenvalue weighted by Gasteiger charge is -2.08. The average molecular weight is 387 g/mol. The van der Waals surface area contributed by atoms with Crippen LogP contribution in [0.1, 0.15) is 30.5 Å². The van der Waals surface area contributed by atoms with Gasteiger partial charge < -0.3 is 5.32 Å². The molecule has 0 aliphatic rings. The first-order valence-electron chi connectivity index (χ1n) is 7.47. The summed E-state index contributed by atoms with van der Waals surface area (Å²) in [6.45, 7) is 0.840. The van der Waals surface area contributed by atoms with Gasteiger partial charge in [0, 0.05) is 28.6 Å². The summed E-state index contributed by atoms with van der Waals surface area (Å²) in [6, 6.07) is 10.1. The van der Waals surface area contributed by atoms with E-state index >= 15 is 0 Å². The zero-order chi connectivity index (χ0) is 16.7. The maximum atomic E-state index is 12.6. The molecule has 1 N–H and O–H groups in total. The minimum Gasteiger partial charge on any atom is -0.385 e. The fourth-order valence-electron chi connectivity index (χ4n) is 2.23.